The summed E-state index contributed by atoms with van der Waals surface area (Å²) in [5, 5.41) is 9.88. The normalized spacial score (nSPS) is 29.0. The van der Waals surface area contributed by atoms with Gasteiger partial charge in [-0.05, 0) is 37.0 Å². The number of aliphatic hydroxyl groups is 1. The first-order chi connectivity index (χ1) is 19.9. The highest BCUT2D eigenvalue weighted by molar-refractivity contribution is 6.34. The Bertz CT molecular complexity index is 1390. The number of hydrogen-bond acceptors (Lipinski definition) is 5. The van der Waals surface area contributed by atoms with Crippen molar-refractivity contribution in [3.63, 3.8) is 0 Å². The van der Waals surface area contributed by atoms with E-state index >= 15 is 0 Å². The third kappa shape index (κ3) is 4.58. The molecule has 41 heavy (non-hydrogen) atoms. The summed E-state index contributed by atoms with van der Waals surface area (Å²) < 4.78 is 6.72. The van der Waals surface area contributed by atoms with Crippen LogP contribution in [0.3, 0.4) is 0 Å². The first kappa shape index (κ1) is 27.7. The van der Waals surface area contributed by atoms with Gasteiger partial charge in [0.1, 0.15) is 11.6 Å². The van der Waals surface area contributed by atoms with Crippen molar-refractivity contribution >= 4 is 35.0 Å². The average Bonchev–Trinajstić information content (AvgIpc) is 3.27. The number of anilines is 1. The second kappa shape index (κ2) is 11.1. The molecule has 4 heterocycles. The van der Waals surface area contributed by atoms with Gasteiger partial charge in [-0.15, -0.1) is 0 Å². The largest absolute Gasteiger partial charge is 0.396 e. The molecule has 1 unspecified atom stereocenters. The molecule has 2 fully saturated rings. The molecule has 4 aliphatic rings. The van der Waals surface area contributed by atoms with Crippen LogP contribution >= 0.6 is 11.6 Å². The molecule has 5 atom stereocenters. The van der Waals surface area contributed by atoms with Crippen LogP contribution in [0.2, 0.25) is 5.02 Å². The lowest BCUT2D eigenvalue weighted by atomic mass is 9.77. The molecule has 2 aromatic carbocycles. The first-order valence-electron chi connectivity index (χ1n) is 14.2. The van der Waals surface area contributed by atoms with Crippen molar-refractivity contribution in [2.24, 2.45) is 11.8 Å². The second-order valence-corrected chi connectivity index (χ2v) is 11.6. The number of benzene rings is 2. The molecule has 6 rings (SSSR count). The van der Waals surface area contributed by atoms with Crippen molar-refractivity contribution in [3.8, 4) is 0 Å². The number of amides is 3. The highest BCUT2D eigenvalue weighted by Gasteiger charge is 2.71. The van der Waals surface area contributed by atoms with Gasteiger partial charge < -0.3 is 24.5 Å². The van der Waals surface area contributed by atoms with Crippen LogP contribution < -0.4 is 4.90 Å². The predicted molar refractivity (Wildman–Crippen MR) is 155 cm³/mol. The van der Waals surface area contributed by atoms with Gasteiger partial charge >= 0.3 is 0 Å². The van der Waals surface area contributed by atoms with Gasteiger partial charge in [-0.2, -0.15) is 0 Å². The van der Waals surface area contributed by atoms with Crippen molar-refractivity contribution in [1.82, 2.24) is 9.80 Å². The molecule has 4 aliphatic heterocycles. The molecular weight excluding hydrogens is 542 g/mol. The summed E-state index contributed by atoms with van der Waals surface area (Å²) in [6.07, 6.45) is 7.87. The fourth-order valence-electron chi connectivity index (χ4n) is 6.93. The number of fused-ring (bicyclic) bond motifs is 2. The molecule has 0 radical (unpaired) electrons. The van der Waals surface area contributed by atoms with Crippen LogP contribution in [0.1, 0.15) is 24.0 Å². The van der Waals surface area contributed by atoms with E-state index in [1.54, 1.807) is 20.8 Å². The van der Waals surface area contributed by atoms with E-state index in [4.69, 9.17) is 16.3 Å². The van der Waals surface area contributed by atoms with E-state index in [9.17, 15) is 19.5 Å². The summed E-state index contributed by atoms with van der Waals surface area (Å²) in [5.74, 6) is -2.33. The Hall–Kier alpha value is -3.46. The lowest BCUT2D eigenvalue weighted by molar-refractivity contribution is -0.144. The number of hydrogen-bond donors (Lipinski definition) is 1. The number of nitrogens with zero attached hydrogens (tertiary/aromatic N) is 3. The minimum absolute atomic E-state index is 0.0149. The Balaban J connectivity index is 1.41. The van der Waals surface area contributed by atoms with Crippen LogP contribution in [0.5, 0.6) is 0 Å². The van der Waals surface area contributed by atoms with Crippen LogP contribution in [-0.4, -0.2) is 76.6 Å². The Morgan fingerprint density at radius 2 is 1.78 bits per heavy atom. The number of rotatable bonds is 7. The molecule has 3 amide bonds. The van der Waals surface area contributed by atoms with E-state index in [1.165, 1.54) is 0 Å². The number of para-hydroxylation sites is 1. The van der Waals surface area contributed by atoms with Gasteiger partial charge in [0, 0.05) is 32.8 Å². The fourth-order valence-corrected chi connectivity index (χ4v) is 7.26. The van der Waals surface area contributed by atoms with E-state index in [-0.39, 0.29) is 37.4 Å². The molecule has 8 nitrogen and oxygen atoms in total. The van der Waals surface area contributed by atoms with Crippen LogP contribution in [0, 0.1) is 18.8 Å². The summed E-state index contributed by atoms with van der Waals surface area (Å²) in [5.41, 5.74) is 1.14. The SMILES string of the molecule is Cc1cccc(Cl)c1N1CC=C[C@]23O[C@@H]4C=CCN(Cc5ccccc5)C(=O)[C@@H]4[C@H]2C(=O)N(CCCCO)C3C1=O. The van der Waals surface area contributed by atoms with Crippen molar-refractivity contribution in [1.29, 1.82) is 0 Å². The molecular formula is C32H34ClN3O5. The summed E-state index contributed by atoms with van der Waals surface area (Å²) in [4.78, 5) is 48.0. The minimum atomic E-state index is -1.30. The summed E-state index contributed by atoms with van der Waals surface area (Å²) in [6.45, 7) is 3.24. The third-order valence-corrected chi connectivity index (χ3v) is 9.03. The topological polar surface area (TPSA) is 90.4 Å². The molecule has 2 aromatic rings. The predicted octanol–water partition coefficient (Wildman–Crippen LogP) is 3.50. The molecule has 0 aliphatic carbocycles. The maximum absolute atomic E-state index is 14.5. The number of likely N-dealkylation sites (tertiary alicyclic amines) is 1. The molecule has 0 bridgehead atoms. The number of carbonyl (C=O) groups excluding carboxylic acids is 3. The van der Waals surface area contributed by atoms with Crippen LogP contribution in [-0.2, 0) is 25.7 Å². The molecule has 0 saturated carbocycles. The van der Waals surface area contributed by atoms with Gasteiger partial charge in [0.2, 0.25) is 11.8 Å². The summed E-state index contributed by atoms with van der Waals surface area (Å²) in [6, 6.07) is 14.3. The van der Waals surface area contributed by atoms with Crippen molar-refractivity contribution in [3.05, 3.63) is 89.0 Å². The highest BCUT2D eigenvalue weighted by atomic mass is 35.5. The lowest BCUT2D eigenvalue weighted by Crippen LogP contribution is -2.55. The standard InChI is InChI=1S/C32H34ClN3O5/c1-21-10-7-13-23(33)27(21)35-18-9-15-32-26(30(39)36(17-5-6-19-37)28(32)31(35)40)25-24(41-32)14-8-16-34(29(25)38)20-22-11-3-2-4-12-22/h2-4,7-15,24-26,28,37H,5-6,16-20H2,1H3/t24-,25+,26+,28?,32+/m1/s1. The Kier molecular flexibility index (Phi) is 7.49. The number of unbranched alkanes of at least 4 members (excludes halogenated alkanes) is 1. The van der Waals surface area contributed by atoms with Gasteiger partial charge in [-0.1, -0.05) is 78.4 Å². The number of ether oxygens (including phenoxy) is 1. The third-order valence-electron chi connectivity index (χ3n) is 8.72. The molecule has 2 saturated heterocycles. The molecule has 9 heteroatoms. The number of carbonyl (C=O) groups is 3. The second-order valence-electron chi connectivity index (χ2n) is 11.2. The van der Waals surface area contributed by atoms with Crippen molar-refractivity contribution in [2.45, 2.75) is 44.1 Å². The molecule has 214 valence electrons. The minimum Gasteiger partial charge on any atom is -0.396 e. The fraction of sp³-hybridized carbons (Fsp3) is 0.406. The quantitative estimate of drug-likeness (QED) is 0.403. The van der Waals surface area contributed by atoms with Gasteiger partial charge in [0.05, 0.1) is 28.6 Å². The van der Waals surface area contributed by atoms with E-state index in [1.807, 2.05) is 73.7 Å². The maximum Gasteiger partial charge on any atom is 0.253 e. The van der Waals surface area contributed by atoms with E-state index in [2.05, 4.69) is 0 Å². The van der Waals surface area contributed by atoms with Gasteiger partial charge in [-0.25, -0.2) is 0 Å². The monoisotopic (exact) mass is 575 g/mol. The Labute approximate surface area is 244 Å². The summed E-state index contributed by atoms with van der Waals surface area (Å²) in [7, 11) is 0. The Morgan fingerprint density at radius 1 is 0.976 bits per heavy atom. The zero-order valence-corrected chi connectivity index (χ0v) is 23.7. The average molecular weight is 576 g/mol. The Morgan fingerprint density at radius 3 is 2.54 bits per heavy atom. The highest BCUT2D eigenvalue weighted by Crippen LogP contribution is 2.54. The van der Waals surface area contributed by atoms with Crippen LogP contribution in [0.4, 0.5) is 5.69 Å². The van der Waals surface area contributed by atoms with Gasteiger partial charge in [0.25, 0.3) is 5.91 Å². The van der Waals surface area contributed by atoms with Gasteiger partial charge in [0.15, 0.2) is 0 Å². The smallest absolute Gasteiger partial charge is 0.253 e. The van der Waals surface area contributed by atoms with Crippen molar-refractivity contribution < 1.29 is 24.2 Å². The van der Waals surface area contributed by atoms with Crippen molar-refractivity contribution in [2.75, 3.05) is 31.1 Å². The van der Waals surface area contributed by atoms with Crippen LogP contribution in [0.15, 0.2) is 72.8 Å². The van der Waals surface area contributed by atoms with E-state index in [0.717, 1.165) is 11.1 Å². The maximum atomic E-state index is 14.5. The number of aryl methyl sites for hydroxylation is 1. The number of halogens is 1. The first-order valence-corrected chi connectivity index (χ1v) is 14.6. The molecule has 0 aromatic heterocycles. The van der Waals surface area contributed by atoms with E-state index in [0.29, 0.717) is 36.6 Å². The summed E-state index contributed by atoms with van der Waals surface area (Å²) >= 11 is 6.60. The zero-order valence-electron chi connectivity index (χ0n) is 23.0. The molecule has 1 N–H and O–H groups in total. The van der Waals surface area contributed by atoms with E-state index < -0.39 is 29.6 Å². The number of aliphatic hydroxyl groups excluding tert-OH is 1. The molecule has 1 spiro atoms. The van der Waals surface area contributed by atoms with Crippen LogP contribution in [0.25, 0.3) is 0 Å². The van der Waals surface area contributed by atoms with Gasteiger partial charge in [-0.3, -0.25) is 14.4 Å². The zero-order chi connectivity index (χ0) is 28.7. The lowest BCUT2D eigenvalue weighted by Gasteiger charge is -2.36.